The quantitative estimate of drug-likeness (QED) is 0.767. The summed E-state index contributed by atoms with van der Waals surface area (Å²) in [5.41, 5.74) is -1.62. The zero-order chi connectivity index (χ0) is 10.9. The number of nitrogens with zero attached hydrogens (tertiary/aromatic N) is 1. The second-order valence-electron chi connectivity index (χ2n) is 2.62. The largest absolute Gasteiger partial charge is 0.505 e. The van der Waals surface area contributed by atoms with Gasteiger partial charge in [0, 0.05) is 5.69 Å². The third-order valence-corrected chi connectivity index (χ3v) is 1.73. The first-order chi connectivity index (χ1) is 6.45. The highest BCUT2D eigenvalue weighted by molar-refractivity contribution is 5.92. The van der Waals surface area contributed by atoms with Crippen LogP contribution in [0.3, 0.4) is 0 Å². The molecule has 1 aromatic rings. The molecule has 0 aliphatic carbocycles. The number of halogens is 2. The number of alkyl halides is 2. The molecular weight excluding hydrogens is 196 g/mol. The average Bonchev–Trinajstić information content (AvgIpc) is 2.07. The van der Waals surface area contributed by atoms with E-state index < -0.39 is 29.3 Å². The highest BCUT2D eigenvalue weighted by Crippen LogP contribution is 2.30. The van der Waals surface area contributed by atoms with E-state index in [0.717, 1.165) is 6.20 Å². The Balaban J connectivity index is 3.50. The summed E-state index contributed by atoms with van der Waals surface area (Å²) >= 11 is 0. The molecule has 14 heavy (non-hydrogen) atoms. The first kappa shape index (κ1) is 10.4. The van der Waals surface area contributed by atoms with E-state index in [2.05, 4.69) is 4.98 Å². The number of carboxylic acid groups (broad SMARTS) is 1. The summed E-state index contributed by atoms with van der Waals surface area (Å²) in [6.45, 7) is 1.26. The van der Waals surface area contributed by atoms with Crippen LogP contribution in [-0.4, -0.2) is 21.2 Å². The maximum Gasteiger partial charge on any atom is 0.340 e. The van der Waals surface area contributed by atoms with Crippen LogP contribution in [0.25, 0.3) is 0 Å². The molecule has 0 saturated heterocycles. The summed E-state index contributed by atoms with van der Waals surface area (Å²) in [5.74, 6) is -2.35. The maximum absolute atomic E-state index is 12.4. The molecule has 1 rings (SSSR count). The molecule has 0 fully saturated rings. The molecule has 0 radical (unpaired) electrons. The zero-order valence-electron chi connectivity index (χ0n) is 7.16. The van der Waals surface area contributed by atoms with Crippen molar-refractivity contribution >= 4 is 5.97 Å². The Morgan fingerprint density at radius 3 is 2.50 bits per heavy atom. The van der Waals surface area contributed by atoms with Crippen LogP contribution in [0.15, 0.2) is 6.20 Å². The molecule has 2 N–H and O–H groups in total. The van der Waals surface area contributed by atoms with Crippen LogP contribution in [-0.2, 0) is 0 Å². The molecule has 1 aromatic heterocycles. The molecule has 0 aliphatic rings. The number of aromatic nitrogens is 1. The van der Waals surface area contributed by atoms with Crippen molar-refractivity contribution in [2.24, 2.45) is 0 Å². The van der Waals surface area contributed by atoms with Crippen molar-refractivity contribution in [1.29, 1.82) is 0 Å². The predicted molar refractivity (Wildman–Crippen MR) is 42.6 cm³/mol. The van der Waals surface area contributed by atoms with E-state index in [-0.39, 0.29) is 5.69 Å². The molecule has 0 atom stereocenters. The van der Waals surface area contributed by atoms with Gasteiger partial charge in [-0.05, 0) is 6.92 Å². The number of carbonyl (C=O) groups is 1. The van der Waals surface area contributed by atoms with E-state index in [1.54, 1.807) is 0 Å². The molecule has 4 nitrogen and oxygen atoms in total. The normalized spacial score (nSPS) is 10.6. The van der Waals surface area contributed by atoms with Crippen molar-refractivity contribution in [2.75, 3.05) is 0 Å². The summed E-state index contributed by atoms with van der Waals surface area (Å²) in [6, 6.07) is 0. The van der Waals surface area contributed by atoms with Gasteiger partial charge in [-0.25, -0.2) is 13.6 Å². The maximum atomic E-state index is 12.4. The van der Waals surface area contributed by atoms with Gasteiger partial charge in [0.05, 0.1) is 11.8 Å². The van der Waals surface area contributed by atoms with Crippen LogP contribution in [0.2, 0.25) is 0 Å². The number of carboxylic acids is 1. The fourth-order valence-electron chi connectivity index (χ4n) is 1.10. The third-order valence-electron chi connectivity index (χ3n) is 1.73. The van der Waals surface area contributed by atoms with Gasteiger partial charge in [0.2, 0.25) is 0 Å². The van der Waals surface area contributed by atoms with Crippen LogP contribution in [0.1, 0.15) is 28.0 Å². The van der Waals surface area contributed by atoms with Gasteiger partial charge in [-0.15, -0.1) is 0 Å². The van der Waals surface area contributed by atoms with Crippen molar-refractivity contribution in [3.05, 3.63) is 23.0 Å². The van der Waals surface area contributed by atoms with Crippen LogP contribution < -0.4 is 0 Å². The Morgan fingerprint density at radius 1 is 1.57 bits per heavy atom. The molecule has 0 unspecified atom stereocenters. The molecule has 0 spiro atoms. The lowest BCUT2D eigenvalue weighted by atomic mass is 10.1. The van der Waals surface area contributed by atoms with E-state index in [9.17, 15) is 13.6 Å². The number of aromatic hydroxyl groups is 1. The number of pyridine rings is 1. The standard InChI is InChI=1S/C8H7F2NO3/c1-3-5(7(9)10)6(8(13)14)4(12)2-11-3/h2,7,12H,1H3,(H,13,14). The number of aromatic carboxylic acids is 1. The van der Waals surface area contributed by atoms with Crippen LogP contribution in [0.4, 0.5) is 8.78 Å². The fraction of sp³-hybridized carbons (Fsp3) is 0.250. The second-order valence-corrected chi connectivity index (χ2v) is 2.62. The Kier molecular flexibility index (Phi) is 2.64. The van der Waals surface area contributed by atoms with Crippen molar-refractivity contribution in [2.45, 2.75) is 13.3 Å². The zero-order valence-corrected chi connectivity index (χ0v) is 7.16. The van der Waals surface area contributed by atoms with Crippen LogP contribution >= 0.6 is 0 Å². The van der Waals surface area contributed by atoms with Crippen molar-refractivity contribution in [3.8, 4) is 5.75 Å². The number of hydrogen-bond acceptors (Lipinski definition) is 3. The Morgan fingerprint density at radius 2 is 2.14 bits per heavy atom. The molecule has 0 amide bonds. The summed E-state index contributed by atoms with van der Waals surface area (Å²) < 4.78 is 24.8. The van der Waals surface area contributed by atoms with E-state index >= 15 is 0 Å². The van der Waals surface area contributed by atoms with Gasteiger partial charge < -0.3 is 10.2 Å². The van der Waals surface area contributed by atoms with Crippen molar-refractivity contribution in [3.63, 3.8) is 0 Å². The predicted octanol–water partition coefficient (Wildman–Crippen LogP) is 1.73. The topological polar surface area (TPSA) is 70.4 Å². The van der Waals surface area contributed by atoms with E-state index in [0.29, 0.717) is 0 Å². The van der Waals surface area contributed by atoms with E-state index in [4.69, 9.17) is 10.2 Å². The number of aryl methyl sites for hydroxylation is 1. The third kappa shape index (κ3) is 1.63. The van der Waals surface area contributed by atoms with Gasteiger partial charge in [-0.1, -0.05) is 0 Å². The molecule has 0 aromatic carbocycles. The van der Waals surface area contributed by atoms with Gasteiger partial charge in [0.15, 0.2) is 0 Å². The fourth-order valence-corrected chi connectivity index (χ4v) is 1.10. The smallest absolute Gasteiger partial charge is 0.340 e. The van der Waals surface area contributed by atoms with E-state index in [1.165, 1.54) is 6.92 Å². The summed E-state index contributed by atoms with van der Waals surface area (Å²) in [5, 5.41) is 17.7. The SMILES string of the molecule is Cc1ncc(O)c(C(=O)O)c1C(F)F. The van der Waals surface area contributed by atoms with Crippen LogP contribution in [0.5, 0.6) is 5.75 Å². The highest BCUT2D eigenvalue weighted by Gasteiger charge is 2.24. The molecule has 76 valence electrons. The molecular formula is C8H7F2NO3. The summed E-state index contributed by atoms with van der Waals surface area (Å²) in [7, 11) is 0. The van der Waals surface area contributed by atoms with Crippen molar-refractivity contribution in [1.82, 2.24) is 4.98 Å². The molecule has 6 heteroatoms. The van der Waals surface area contributed by atoms with Crippen molar-refractivity contribution < 1.29 is 23.8 Å². The van der Waals surface area contributed by atoms with Gasteiger partial charge in [-0.3, -0.25) is 4.98 Å². The monoisotopic (exact) mass is 203 g/mol. The lowest BCUT2D eigenvalue weighted by Crippen LogP contribution is -2.07. The summed E-state index contributed by atoms with van der Waals surface area (Å²) in [4.78, 5) is 14.0. The first-order valence-electron chi connectivity index (χ1n) is 3.65. The minimum Gasteiger partial charge on any atom is -0.505 e. The number of rotatable bonds is 2. The molecule has 1 heterocycles. The van der Waals surface area contributed by atoms with Crippen LogP contribution in [0, 0.1) is 6.92 Å². The molecule has 0 aliphatic heterocycles. The second kappa shape index (κ2) is 3.57. The average molecular weight is 203 g/mol. The lowest BCUT2D eigenvalue weighted by Gasteiger charge is -2.08. The highest BCUT2D eigenvalue weighted by atomic mass is 19.3. The minimum absolute atomic E-state index is 0.102. The molecule has 0 saturated carbocycles. The van der Waals surface area contributed by atoms with Gasteiger partial charge in [-0.2, -0.15) is 0 Å². The van der Waals surface area contributed by atoms with Gasteiger partial charge in [0.1, 0.15) is 11.3 Å². The lowest BCUT2D eigenvalue weighted by molar-refractivity contribution is 0.0680. The molecule has 0 bridgehead atoms. The number of hydrogen-bond donors (Lipinski definition) is 2. The van der Waals surface area contributed by atoms with Gasteiger partial charge >= 0.3 is 5.97 Å². The Hall–Kier alpha value is -1.72. The Labute approximate surface area is 77.8 Å². The Bertz CT molecular complexity index is 379. The van der Waals surface area contributed by atoms with Gasteiger partial charge in [0.25, 0.3) is 6.43 Å². The minimum atomic E-state index is -2.97. The summed E-state index contributed by atoms with van der Waals surface area (Å²) in [6.07, 6.45) is -2.13. The first-order valence-corrected chi connectivity index (χ1v) is 3.65. The van der Waals surface area contributed by atoms with E-state index in [1.807, 2.05) is 0 Å².